The van der Waals surface area contributed by atoms with Crippen LogP contribution < -0.4 is 10.3 Å². The quantitative estimate of drug-likeness (QED) is 0.836. The third kappa shape index (κ3) is 3.23. The summed E-state index contributed by atoms with van der Waals surface area (Å²) in [6.45, 7) is 2.85. The minimum atomic E-state index is -0.286. The van der Waals surface area contributed by atoms with Crippen LogP contribution in [-0.4, -0.2) is 44.8 Å². The SMILES string of the molecule is Cc1ccc(OC2CCN(C(=O)c3cccn(C)c3=O)C2)nn1. The predicted molar refractivity (Wildman–Crippen MR) is 83.4 cm³/mol. The molecule has 3 rings (SSSR count). The number of nitrogens with zero attached hydrogens (tertiary/aromatic N) is 4. The maximum Gasteiger partial charge on any atom is 0.263 e. The highest BCUT2D eigenvalue weighted by Gasteiger charge is 2.29. The Balaban J connectivity index is 1.67. The minimum Gasteiger partial charge on any atom is -0.471 e. The van der Waals surface area contributed by atoms with Crippen LogP contribution in [0.4, 0.5) is 0 Å². The number of hydrogen-bond acceptors (Lipinski definition) is 5. The molecule has 2 aromatic heterocycles. The molecular formula is C16H18N4O3. The van der Waals surface area contributed by atoms with Crippen molar-refractivity contribution in [1.29, 1.82) is 0 Å². The van der Waals surface area contributed by atoms with E-state index < -0.39 is 0 Å². The van der Waals surface area contributed by atoms with Gasteiger partial charge in [0.1, 0.15) is 11.7 Å². The molecule has 0 aliphatic carbocycles. The molecule has 0 radical (unpaired) electrons. The molecule has 1 atom stereocenters. The average molecular weight is 314 g/mol. The van der Waals surface area contributed by atoms with Crippen molar-refractivity contribution in [3.05, 3.63) is 52.1 Å². The van der Waals surface area contributed by atoms with Crippen molar-refractivity contribution >= 4 is 5.91 Å². The molecule has 0 aromatic carbocycles. The Hall–Kier alpha value is -2.70. The van der Waals surface area contributed by atoms with Crippen LogP contribution in [0, 0.1) is 6.92 Å². The summed E-state index contributed by atoms with van der Waals surface area (Å²) in [5.41, 5.74) is 0.720. The van der Waals surface area contributed by atoms with Crippen LogP contribution in [0.3, 0.4) is 0 Å². The minimum absolute atomic E-state index is 0.136. The van der Waals surface area contributed by atoms with E-state index in [2.05, 4.69) is 10.2 Å². The van der Waals surface area contributed by atoms with E-state index >= 15 is 0 Å². The van der Waals surface area contributed by atoms with E-state index in [0.717, 1.165) is 5.69 Å². The van der Waals surface area contributed by atoms with E-state index in [0.29, 0.717) is 25.4 Å². The van der Waals surface area contributed by atoms with Gasteiger partial charge >= 0.3 is 0 Å². The van der Waals surface area contributed by atoms with Gasteiger partial charge in [0.15, 0.2) is 0 Å². The fourth-order valence-corrected chi connectivity index (χ4v) is 2.56. The Bertz CT molecular complexity index is 770. The van der Waals surface area contributed by atoms with Crippen molar-refractivity contribution in [1.82, 2.24) is 19.7 Å². The summed E-state index contributed by atoms with van der Waals surface area (Å²) >= 11 is 0. The zero-order valence-corrected chi connectivity index (χ0v) is 13.1. The lowest BCUT2D eigenvalue weighted by molar-refractivity contribution is 0.0768. The molecule has 0 saturated carbocycles. The summed E-state index contributed by atoms with van der Waals surface area (Å²) in [7, 11) is 1.63. The Labute approximate surface area is 133 Å². The molecule has 0 spiro atoms. The lowest BCUT2D eigenvalue weighted by atomic mass is 10.2. The molecule has 1 amide bonds. The van der Waals surface area contributed by atoms with E-state index in [-0.39, 0.29) is 23.1 Å². The number of likely N-dealkylation sites (tertiary alicyclic amines) is 1. The summed E-state index contributed by atoms with van der Waals surface area (Å²) in [4.78, 5) is 26.2. The monoisotopic (exact) mass is 314 g/mol. The number of aromatic nitrogens is 3. The average Bonchev–Trinajstić information content (AvgIpc) is 3.00. The van der Waals surface area contributed by atoms with Gasteiger partial charge in [-0.15, -0.1) is 5.10 Å². The first-order chi connectivity index (χ1) is 11.0. The fraction of sp³-hybridized carbons (Fsp3) is 0.375. The molecule has 1 aliphatic rings. The zero-order chi connectivity index (χ0) is 16.4. The lowest BCUT2D eigenvalue weighted by Crippen LogP contribution is -2.35. The summed E-state index contributed by atoms with van der Waals surface area (Å²) < 4.78 is 7.15. The highest BCUT2D eigenvalue weighted by atomic mass is 16.5. The molecular weight excluding hydrogens is 296 g/mol. The third-order valence-electron chi connectivity index (χ3n) is 3.85. The Morgan fingerprint density at radius 1 is 1.30 bits per heavy atom. The van der Waals surface area contributed by atoms with Gasteiger partial charge in [0.2, 0.25) is 5.88 Å². The summed E-state index contributed by atoms with van der Waals surface area (Å²) in [6, 6.07) is 6.85. The van der Waals surface area contributed by atoms with Crippen molar-refractivity contribution in [3.63, 3.8) is 0 Å². The smallest absolute Gasteiger partial charge is 0.263 e. The van der Waals surface area contributed by atoms with E-state index in [1.807, 2.05) is 13.0 Å². The van der Waals surface area contributed by atoms with Crippen LogP contribution in [0.5, 0.6) is 5.88 Å². The maximum absolute atomic E-state index is 12.5. The highest BCUT2D eigenvalue weighted by Crippen LogP contribution is 2.17. The summed E-state index contributed by atoms with van der Waals surface area (Å²) in [5, 5.41) is 7.91. The van der Waals surface area contributed by atoms with Gasteiger partial charge in [-0.2, -0.15) is 5.10 Å². The van der Waals surface area contributed by atoms with Gasteiger partial charge in [-0.3, -0.25) is 9.59 Å². The van der Waals surface area contributed by atoms with Gasteiger partial charge in [-0.05, 0) is 25.1 Å². The maximum atomic E-state index is 12.5. The van der Waals surface area contributed by atoms with Crippen LogP contribution in [-0.2, 0) is 7.05 Å². The first-order valence-corrected chi connectivity index (χ1v) is 7.46. The second-order valence-electron chi connectivity index (χ2n) is 5.63. The molecule has 3 heterocycles. The fourth-order valence-electron chi connectivity index (χ4n) is 2.56. The molecule has 1 fully saturated rings. The van der Waals surface area contributed by atoms with Crippen molar-refractivity contribution < 1.29 is 9.53 Å². The van der Waals surface area contributed by atoms with E-state index in [4.69, 9.17) is 4.74 Å². The number of ether oxygens (including phenoxy) is 1. The van der Waals surface area contributed by atoms with Crippen molar-refractivity contribution in [3.8, 4) is 5.88 Å². The van der Waals surface area contributed by atoms with Crippen LogP contribution >= 0.6 is 0 Å². The lowest BCUT2D eigenvalue weighted by Gasteiger charge is -2.16. The standard InChI is InChI=1S/C16H18N4O3/c1-11-5-6-14(18-17-11)23-12-7-9-20(10-12)16(22)13-4-3-8-19(2)15(13)21/h3-6,8,12H,7,9-10H2,1-2H3. The number of carbonyl (C=O) groups excluding carboxylic acids is 1. The number of rotatable bonds is 3. The van der Waals surface area contributed by atoms with Crippen molar-refractivity contribution in [2.75, 3.05) is 13.1 Å². The Morgan fingerprint density at radius 2 is 2.13 bits per heavy atom. The molecule has 1 saturated heterocycles. The molecule has 1 aliphatic heterocycles. The van der Waals surface area contributed by atoms with E-state index in [1.165, 1.54) is 4.57 Å². The molecule has 1 unspecified atom stereocenters. The number of aryl methyl sites for hydroxylation is 2. The number of hydrogen-bond donors (Lipinski definition) is 0. The first kappa shape index (κ1) is 15.2. The number of carbonyl (C=O) groups is 1. The molecule has 7 nitrogen and oxygen atoms in total. The predicted octanol–water partition coefficient (Wildman–Crippen LogP) is 0.777. The van der Waals surface area contributed by atoms with Gasteiger partial charge in [0, 0.05) is 32.3 Å². The van der Waals surface area contributed by atoms with Crippen molar-refractivity contribution in [2.45, 2.75) is 19.4 Å². The van der Waals surface area contributed by atoms with Gasteiger partial charge in [0.25, 0.3) is 11.5 Å². The molecule has 0 bridgehead atoms. The number of amides is 1. The van der Waals surface area contributed by atoms with Crippen LogP contribution in [0.15, 0.2) is 35.3 Å². The second kappa shape index (κ2) is 6.20. The van der Waals surface area contributed by atoms with Gasteiger partial charge in [-0.25, -0.2) is 0 Å². The topological polar surface area (TPSA) is 77.3 Å². The zero-order valence-electron chi connectivity index (χ0n) is 13.1. The van der Waals surface area contributed by atoms with Crippen LogP contribution in [0.25, 0.3) is 0 Å². The van der Waals surface area contributed by atoms with E-state index in [9.17, 15) is 9.59 Å². The molecule has 2 aromatic rings. The molecule has 23 heavy (non-hydrogen) atoms. The molecule has 0 N–H and O–H groups in total. The summed E-state index contributed by atoms with van der Waals surface area (Å²) in [6.07, 6.45) is 2.20. The summed E-state index contributed by atoms with van der Waals surface area (Å²) in [5.74, 6) is 0.192. The van der Waals surface area contributed by atoms with Gasteiger partial charge in [0.05, 0.1) is 12.2 Å². The van der Waals surface area contributed by atoms with E-state index in [1.54, 1.807) is 36.3 Å². The molecule has 120 valence electrons. The van der Waals surface area contributed by atoms with Crippen molar-refractivity contribution in [2.24, 2.45) is 7.05 Å². The largest absolute Gasteiger partial charge is 0.471 e. The molecule has 7 heteroatoms. The van der Waals surface area contributed by atoms with Crippen LogP contribution in [0.1, 0.15) is 22.5 Å². The van der Waals surface area contributed by atoms with Gasteiger partial charge < -0.3 is 14.2 Å². The third-order valence-corrected chi connectivity index (χ3v) is 3.85. The second-order valence-corrected chi connectivity index (χ2v) is 5.63. The van der Waals surface area contributed by atoms with Crippen LogP contribution in [0.2, 0.25) is 0 Å². The van der Waals surface area contributed by atoms with Gasteiger partial charge in [-0.1, -0.05) is 0 Å². The Morgan fingerprint density at radius 3 is 2.87 bits per heavy atom. The normalized spacial score (nSPS) is 17.3. The number of pyridine rings is 1. The highest BCUT2D eigenvalue weighted by molar-refractivity contribution is 5.94. The Kier molecular flexibility index (Phi) is 4.10. The first-order valence-electron chi connectivity index (χ1n) is 7.46.